The Bertz CT molecular complexity index is 214. The summed E-state index contributed by atoms with van der Waals surface area (Å²) in [5.41, 5.74) is 0. The third-order valence-corrected chi connectivity index (χ3v) is 4.64. The molecule has 3 saturated heterocycles. The number of ether oxygens (including phenoxy) is 1. The van der Waals surface area contributed by atoms with Crippen molar-refractivity contribution in [3.63, 3.8) is 0 Å². The maximum atomic E-state index is 5.43. The zero-order valence-electron chi connectivity index (χ0n) is 9.69. The fraction of sp³-hybridized carbons (Fsp3) is 1.00. The van der Waals surface area contributed by atoms with Crippen LogP contribution in [-0.2, 0) is 4.74 Å². The van der Waals surface area contributed by atoms with Crippen molar-refractivity contribution >= 4 is 0 Å². The first-order chi connectivity index (χ1) is 7.34. The molecule has 0 aromatic heterocycles. The predicted octanol–water partition coefficient (Wildman–Crippen LogP) is 0.944. The molecule has 0 aliphatic carbocycles. The van der Waals surface area contributed by atoms with Gasteiger partial charge >= 0.3 is 0 Å². The first-order valence-electron chi connectivity index (χ1n) is 6.38. The lowest BCUT2D eigenvalue weighted by Gasteiger charge is -2.43. The van der Waals surface area contributed by atoms with Crippen LogP contribution in [0.1, 0.15) is 25.7 Å². The molecule has 0 aromatic rings. The molecule has 3 heterocycles. The van der Waals surface area contributed by atoms with Crippen LogP contribution in [0, 0.1) is 0 Å². The highest BCUT2D eigenvalue weighted by molar-refractivity contribution is 4.96. The van der Waals surface area contributed by atoms with E-state index in [1.165, 1.54) is 25.7 Å². The van der Waals surface area contributed by atoms with E-state index in [9.17, 15) is 0 Å². The average molecular weight is 210 g/mol. The number of fused-ring (bicyclic) bond motifs is 2. The zero-order valence-corrected chi connectivity index (χ0v) is 9.69. The molecule has 2 atom stereocenters. The van der Waals surface area contributed by atoms with Crippen LogP contribution in [0.2, 0.25) is 0 Å². The molecule has 3 aliphatic rings. The average Bonchev–Trinajstić information content (AvgIpc) is 2.54. The van der Waals surface area contributed by atoms with Crippen LogP contribution in [0.4, 0.5) is 0 Å². The maximum absolute atomic E-state index is 5.43. The molecule has 0 N–H and O–H groups in total. The van der Waals surface area contributed by atoms with E-state index in [1.807, 2.05) is 0 Å². The number of hydrogen-bond donors (Lipinski definition) is 0. The molecule has 3 fully saturated rings. The highest BCUT2D eigenvalue weighted by Crippen LogP contribution is 2.36. The van der Waals surface area contributed by atoms with E-state index in [-0.39, 0.29) is 0 Å². The third kappa shape index (κ3) is 1.81. The van der Waals surface area contributed by atoms with Gasteiger partial charge in [-0.25, -0.2) is 0 Å². The van der Waals surface area contributed by atoms with Gasteiger partial charge in [-0.1, -0.05) is 0 Å². The van der Waals surface area contributed by atoms with Crippen molar-refractivity contribution in [2.75, 3.05) is 33.4 Å². The van der Waals surface area contributed by atoms with Crippen molar-refractivity contribution in [3.8, 4) is 0 Å². The summed E-state index contributed by atoms with van der Waals surface area (Å²) in [6.07, 6.45) is 5.66. The van der Waals surface area contributed by atoms with Crippen LogP contribution < -0.4 is 0 Å². The highest BCUT2D eigenvalue weighted by atomic mass is 16.5. The smallest absolute Gasteiger partial charge is 0.0594 e. The van der Waals surface area contributed by atoms with E-state index in [1.54, 1.807) is 0 Å². The minimum absolute atomic E-state index is 0.850. The predicted molar refractivity (Wildman–Crippen MR) is 60.0 cm³/mol. The van der Waals surface area contributed by atoms with E-state index >= 15 is 0 Å². The normalized spacial score (nSPS) is 43.4. The molecule has 0 radical (unpaired) electrons. The first kappa shape index (κ1) is 10.1. The van der Waals surface area contributed by atoms with Crippen molar-refractivity contribution in [2.45, 2.75) is 43.8 Å². The number of nitrogens with zero attached hydrogens (tertiary/aromatic N) is 2. The summed E-state index contributed by atoms with van der Waals surface area (Å²) in [6, 6.07) is 2.59. The van der Waals surface area contributed by atoms with Crippen LogP contribution in [-0.4, -0.2) is 61.3 Å². The quantitative estimate of drug-likeness (QED) is 0.641. The Morgan fingerprint density at radius 3 is 2.13 bits per heavy atom. The number of rotatable bonds is 1. The summed E-state index contributed by atoms with van der Waals surface area (Å²) in [5, 5.41) is 0. The van der Waals surface area contributed by atoms with Crippen LogP contribution in [0.5, 0.6) is 0 Å². The fourth-order valence-corrected chi connectivity index (χ4v) is 3.62. The summed E-state index contributed by atoms with van der Waals surface area (Å²) in [7, 11) is 2.32. The van der Waals surface area contributed by atoms with E-state index in [0.717, 1.165) is 44.4 Å². The number of piperidine rings is 1. The molecule has 2 bridgehead atoms. The van der Waals surface area contributed by atoms with Gasteiger partial charge in [-0.05, 0) is 32.7 Å². The number of morpholine rings is 1. The lowest BCUT2D eigenvalue weighted by atomic mass is 9.96. The summed E-state index contributed by atoms with van der Waals surface area (Å²) < 4.78 is 5.43. The second kappa shape index (κ2) is 4.04. The zero-order chi connectivity index (χ0) is 10.3. The largest absolute Gasteiger partial charge is 0.379 e. The van der Waals surface area contributed by atoms with Crippen LogP contribution >= 0.6 is 0 Å². The SMILES string of the molecule is CN1C2CCC1CC(N1CCOCC1)C2. The van der Waals surface area contributed by atoms with Gasteiger partial charge in [0.1, 0.15) is 0 Å². The molecule has 0 saturated carbocycles. The summed E-state index contributed by atoms with van der Waals surface area (Å²) in [5.74, 6) is 0. The standard InChI is InChI=1S/C12H22N2O/c1-13-10-2-3-11(13)9-12(8-10)14-4-6-15-7-5-14/h10-12H,2-9H2,1H3. The van der Waals surface area contributed by atoms with Gasteiger partial charge in [-0.15, -0.1) is 0 Å². The monoisotopic (exact) mass is 210 g/mol. The van der Waals surface area contributed by atoms with E-state index in [0.29, 0.717) is 0 Å². The topological polar surface area (TPSA) is 15.7 Å². The van der Waals surface area contributed by atoms with Gasteiger partial charge in [-0.3, -0.25) is 4.90 Å². The molecule has 0 aromatic carbocycles. The molecule has 0 amide bonds. The Balaban J connectivity index is 1.64. The Morgan fingerprint density at radius 1 is 0.933 bits per heavy atom. The van der Waals surface area contributed by atoms with Gasteiger partial charge in [0.05, 0.1) is 13.2 Å². The maximum Gasteiger partial charge on any atom is 0.0594 e. The Kier molecular flexibility index (Phi) is 2.71. The van der Waals surface area contributed by atoms with Crippen molar-refractivity contribution in [3.05, 3.63) is 0 Å². The molecular weight excluding hydrogens is 188 g/mol. The lowest BCUT2D eigenvalue weighted by molar-refractivity contribution is -0.00831. The van der Waals surface area contributed by atoms with Crippen molar-refractivity contribution in [1.82, 2.24) is 9.80 Å². The lowest BCUT2D eigenvalue weighted by Crippen LogP contribution is -2.51. The minimum Gasteiger partial charge on any atom is -0.379 e. The molecular formula is C12H22N2O. The number of hydrogen-bond acceptors (Lipinski definition) is 3. The minimum atomic E-state index is 0.850. The van der Waals surface area contributed by atoms with E-state index < -0.39 is 0 Å². The molecule has 3 nitrogen and oxygen atoms in total. The highest BCUT2D eigenvalue weighted by Gasteiger charge is 2.40. The van der Waals surface area contributed by atoms with Gasteiger partial charge in [0.25, 0.3) is 0 Å². The van der Waals surface area contributed by atoms with Crippen LogP contribution in [0.15, 0.2) is 0 Å². The second-order valence-electron chi connectivity index (χ2n) is 5.32. The van der Waals surface area contributed by atoms with Gasteiger partial charge in [0, 0.05) is 31.2 Å². The van der Waals surface area contributed by atoms with Crippen LogP contribution in [0.25, 0.3) is 0 Å². The van der Waals surface area contributed by atoms with Gasteiger partial charge in [0.2, 0.25) is 0 Å². The summed E-state index contributed by atoms with van der Waals surface area (Å²) in [4.78, 5) is 5.29. The van der Waals surface area contributed by atoms with Gasteiger partial charge < -0.3 is 9.64 Å². The van der Waals surface area contributed by atoms with Gasteiger partial charge in [-0.2, -0.15) is 0 Å². The molecule has 0 spiro atoms. The van der Waals surface area contributed by atoms with Crippen LogP contribution in [0.3, 0.4) is 0 Å². The van der Waals surface area contributed by atoms with Gasteiger partial charge in [0.15, 0.2) is 0 Å². The second-order valence-corrected chi connectivity index (χ2v) is 5.32. The van der Waals surface area contributed by atoms with E-state index in [2.05, 4.69) is 16.8 Å². The van der Waals surface area contributed by atoms with Crippen molar-refractivity contribution < 1.29 is 4.74 Å². The summed E-state index contributed by atoms with van der Waals surface area (Å²) in [6.45, 7) is 4.21. The Labute approximate surface area is 92.4 Å². The Hall–Kier alpha value is -0.120. The molecule has 2 unspecified atom stereocenters. The molecule has 3 heteroatoms. The summed E-state index contributed by atoms with van der Waals surface area (Å²) >= 11 is 0. The van der Waals surface area contributed by atoms with Crippen molar-refractivity contribution in [2.24, 2.45) is 0 Å². The molecule has 15 heavy (non-hydrogen) atoms. The molecule has 3 aliphatic heterocycles. The van der Waals surface area contributed by atoms with Crippen molar-refractivity contribution in [1.29, 1.82) is 0 Å². The first-order valence-corrected chi connectivity index (χ1v) is 6.38. The fourth-order valence-electron chi connectivity index (χ4n) is 3.62. The molecule has 86 valence electrons. The third-order valence-electron chi connectivity index (χ3n) is 4.64. The van der Waals surface area contributed by atoms with E-state index in [4.69, 9.17) is 4.74 Å². The Morgan fingerprint density at radius 2 is 1.53 bits per heavy atom. The molecule has 3 rings (SSSR count).